The lowest BCUT2D eigenvalue weighted by Gasteiger charge is -2.10. The largest absolute Gasteiger partial charge is 0.496 e. The van der Waals surface area contributed by atoms with Crippen LogP contribution in [0, 0.1) is 3.57 Å². The van der Waals surface area contributed by atoms with Crippen molar-refractivity contribution in [3.05, 3.63) is 92.0 Å². The minimum Gasteiger partial charge on any atom is -0.496 e. The number of halogens is 2. The lowest BCUT2D eigenvalue weighted by molar-refractivity contribution is 0.306. The van der Waals surface area contributed by atoms with Gasteiger partial charge in [-0.1, -0.05) is 41.9 Å². The van der Waals surface area contributed by atoms with Gasteiger partial charge in [-0.25, -0.2) is 0 Å². The van der Waals surface area contributed by atoms with Crippen LogP contribution in [0.1, 0.15) is 16.7 Å². The molecule has 6 heteroatoms. The Morgan fingerprint density at radius 2 is 1.82 bits per heavy atom. The first-order valence-corrected chi connectivity index (χ1v) is 10.2. The Morgan fingerprint density at radius 1 is 1.04 bits per heavy atom. The molecule has 0 bridgehead atoms. The first-order valence-electron chi connectivity index (χ1n) is 8.70. The maximum atomic E-state index is 6.14. The number of hydrogen-bond donors (Lipinski definition) is 1. The summed E-state index contributed by atoms with van der Waals surface area (Å²) in [4.78, 5) is 0. The summed E-state index contributed by atoms with van der Waals surface area (Å²) in [6, 6.07) is 21.6. The van der Waals surface area contributed by atoms with Gasteiger partial charge in [0, 0.05) is 19.7 Å². The van der Waals surface area contributed by atoms with E-state index in [4.69, 9.17) is 21.1 Å². The molecule has 0 saturated heterocycles. The summed E-state index contributed by atoms with van der Waals surface area (Å²) >= 11 is 8.43. The molecule has 3 aromatic rings. The number of ether oxygens (including phenoxy) is 2. The van der Waals surface area contributed by atoms with E-state index < -0.39 is 0 Å². The number of para-hydroxylation sites is 1. The molecule has 0 spiro atoms. The normalized spacial score (nSPS) is 10.8. The van der Waals surface area contributed by atoms with E-state index in [-0.39, 0.29) is 0 Å². The third-order valence-corrected chi connectivity index (χ3v) is 4.99. The molecule has 0 aliphatic heterocycles. The summed E-state index contributed by atoms with van der Waals surface area (Å²) in [5.41, 5.74) is 5.99. The quantitative estimate of drug-likeness (QED) is 0.244. The van der Waals surface area contributed by atoms with Crippen LogP contribution in [0.4, 0.5) is 0 Å². The molecule has 0 radical (unpaired) electrons. The third kappa shape index (κ3) is 5.87. The molecule has 0 aliphatic carbocycles. The number of rotatable bonds is 8. The average Bonchev–Trinajstić information content (AvgIpc) is 2.72. The first kappa shape index (κ1) is 20.5. The molecule has 0 saturated carbocycles. The second-order valence-corrected chi connectivity index (χ2v) is 7.68. The van der Waals surface area contributed by atoms with Gasteiger partial charge in [0.2, 0.25) is 0 Å². The molecule has 0 unspecified atom stereocenters. The molecule has 0 amide bonds. The van der Waals surface area contributed by atoms with Crippen LogP contribution in [0.25, 0.3) is 0 Å². The van der Waals surface area contributed by atoms with Gasteiger partial charge in [-0.2, -0.15) is 5.10 Å². The summed E-state index contributed by atoms with van der Waals surface area (Å²) in [5.74, 6) is 1.56. The van der Waals surface area contributed by atoms with Crippen molar-refractivity contribution in [2.24, 2.45) is 5.10 Å². The lowest BCUT2D eigenvalue weighted by Crippen LogP contribution is -2.07. The molecule has 144 valence electrons. The van der Waals surface area contributed by atoms with Crippen LogP contribution in [0.3, 0.4) is 0 Å². The maximum Gasteiger partial charge on any atom is 0.128 e. The number of benzene rings is 3. The highest BCUT2D eigenvalue weighted by Crippen LogP contribution is 2.23. The van der Waals surface area contributed by atoms with Crippen molar-refractivity contribution in [1.29, 1.82) is 0 Å². The van der Waals surface area contributed by atoms with Crippen LogP contribution in [-0.4, -0.2) is 13.3 Å². The minimum atomic E-state index is 0.480. The van der Waals surface area contributed by atoms with Crippen molar-refractivity contribution in [3.63, 3.8) is 0 Å². The lowest BCUT2D eigenvalue weighted by atomic mass is 10.2. The summed E-state index contributed by atoms with van der Waals surface area (Å²) in [7, 11) is 1.66. The van der Waals surface area contributed by atoms with Gasteiger partial charge in [0.05, 0.1) is 19.9 Å². The fourth-order valence-electron chi connectivity index (χ4n) is 2.59. The Bertz CT molecular complexity index is 946. The second-order valence-electron chi connectivity index (χ2n) is 6.00. The van der Waals surface area contributed by atoms with Crippen LogP contribution in [0.5, 0.6) is 11.5 Å². The first-order chi connectivity index (χ1) is 13.7. The van der Waals surface area contributed by atoms with E-state index in [2.05, 4.69) is 57.4 Å². The SMILES string of the molecule is COc1ccccc1CN/N=C/c1cc(Cl)ccc1OCc1ccc(I)cc1. The molecule has 4 nitrogen and oxygen atoms in total. The van der Waals surface area contributed by atoms with Crippen molar-refractivity contribution in [1.82, 2.24) is 5.43 Å². The Kier molecular flexibility index (Phi) is 7.56. The standard InChI is InChI=1S/C22H20ClIN2O2/c1-27-21-5-3-2-4-17(21)13-25-26-14-18-12-19(23)8-11-22(18)28-15-16-6-9-20(24)10-7-16/h2-12,14,25H,13,15H2,1H3/b26-14+. The van der Waals surface area contributed by atoms with E-state index in [9.17, 15) is 0 Å². The van der Waals surface area contributed by atoms with Crippen LogP contribution >= 0.6 is 34.2 Å². The predicted octanol–water partition coefficient (Wildman–Crippen LogP) is 5.66. The van der Waals surface area contributed by atoms with Gasteiger partial charge in [-0.05, 0) is 64.6 Å². The van der Waals surface area contributed by atoms with E-state index in [0.717, 1.165) is 28.2 Å². The van der Waals surface area contributed by atoms with Crippen molar-refractivity contribution in [3.8, 4) is 11.5 Å². The molecule has 1 N–H and O–H groups in total. The van der Waals surface area contributed by atoms with E-state index in [1.165, 1.54) is 3.57 Å². The highest BCUT2D eigenvalue weighted by atomic mass is 127. The molecule has 0 fully saturated rings. The summed E-state index contributed by atoms with van der Waals surface area (Å²) in [6.07, 6.45) is 1.71. The molecular weight excluding hydrogens is 487 g/mol. The zero-order chi connectivity index (χ0) is 19.8. The smallest absolute Gasteiger partial charge is 0.128 e. The second kappa shape index (κ2) is 10.3. The number of nitrogens with one attached hydrogen (secondary N) is 1. The Morgan fingerprint density at radius 3 is 2.61 bits per heavy atom. The fraction of sp³-hybridized carbons (Fsp3) is 0.136. The topological polar surface area (TPSA) is 42.8 Å². The third-order valence-electron chi connectivity index (χ3n) is 4.04. The Labute approximate surface area is 183 Å². The fourth-order valence-corrected chi connectivity index (χ4v) is 3.13. The Hall–Kier alpha value is -2.25. The number of hydrogen-bond acceptors (Lipinski definition) is 4. The van der Waals surface area contributed by atoms with E-state index in [1.54, 1.807) is 13.3 Å². The van der Waals surface area contributed by atoms with E-state index in [1.807, 2.05) is 42.5 Å². The Balaban J connectivity index is 1.64. The minimum absolute atomic E-state index is 0.480. The van der Waals surface area contributed by atoms with Gasteiger partial charge in [0.15, 0.2) is 0 Å². The summed E-state index contributed by atoms with van der Waals surface area (Å²) < 4.78 is 12.5. The zero-order valence-corrected chi connectivity index (χ0v) is 18.3. The molecule has 3 aromatic carbocycles. The van der Waals surface area contributed by atoms with Gasteiger partial charge >= 0.3 is 0 Å². The summed E-state index contributed by atoms with van der Waals surface area (Å²) in [6.45, 7) is 1.04. The number of nitrogens with zero attached hydrogens (tertiary/aromatic N) is 1. The number of hydrazone groups is 1. The molecule has 3 rings (SSSR count). The van der Waals surface area contributed by atoms with E-state index in [0.29, 0.717) is 18.2 Å². The van der Waals surface area contributed by atoms with Gasteiger partial charge < -0.3 is 14.9 Å². The van der Waals surface area contributed by atoms with Crippen molar-refractivity contribution >= 4 is 40.4 Å². The summed E-state index contributed by atoms with van der Waals surface area (Å²) in [5, 5.41) is 4.94. The molecular formula is C22H20ClIN2O2. The number of methoxy groups -OCH3 is 1. The van der Waals surface area contributed by atoms with Crippen LogP contribution in [0.2, 0.25) is 5.02 Å². The molecule has 0 heterocycles. The predicted molar refractivity (Wildman–Crippen MR) is 122 cm³/mol. The average molecular weight is 507 g/mol. The van der Waals surface area contributed by atoms with Crippen molar-refractivity contribution in [2.45, 2.75) is 13.2 Å². The van der Waals surface area contributed by atoms with E-state index >= 15 is 0 Å². The maximum absolute atomic E-state index is 6.14. The van der Waals surface area contributed by atoms with Crippen LogP contribution in [-0.2, 0) is 13.2 Å². The van der Waals surface area contributed by atoms with Crippen LogP contribution < -0.4 is 14.9 Å². The van der Waals surface area contributed by atoms with Gasteiger partial charge in [-0.15, -0.1) is 0 Å². The van der Waals surface area contributed by atoms with Crippen molar-refractivity contribution in [2.75, 3.05) is 7.11 Å². The van der Waals surface area contributed by atoms with Gasteiger partial charge in [0.25, 0.3) is 0 Å². The van der Waals surface area contributed by atoms with Crippen LogP contribution in [0.15, 0.2) is 71.8 Å². The van der Waals surface area contributed by atoms with Gasteiger partial charge in [0.1, 0.15) is 18.1 Å². The highest BCUT2D eigenvalue weighted by Gasteiger charge is 2.04. The molecule has 28 heavy (non-hydrogen) atoms. The molecule has 0 atom stereocenters. The molecule has 0 aromatic heterocycles. The highest BCUT2D eigenvalue weighted by molar-refractivity contribution is 14.1. The zero-order valence-electron chi connectivity index (χ0n) is 15.4. The van der Waals surface area contributed by atoms with Gasteiger partial charge in [-0.3, -0.25) is 0 Å². The monoisotopic (exact) mass is 506 g/mol. The molecule has 0 aliphatic rings. The van der Waals surface area contributed by atoms with Crippen molar-refractivity contribution < 1.29 is 9.47 Å².